The molecule has 0 radical (unpaired) electrons. The van der Waals surface area contributed by atoms with Crippen LogP contribution in [0, 0.1) is 0 Å². The summed E-state index contributed by atoms with van der Waals surface area (Å²) in [6.07, 6.45) is 0.0309. The summed E-state index contributed by atoms with van der Waals surface area (Å²) in [5.74, 6) is -1.06. The summed E-state index contributed by atoms with van der Waals surface area (Å²) in [6.45, 7) is 1.92. The smallest absolute Gasteiger partial charge is 0.323 e. The summed E-state index contributed by atoms with van der Waals surface area (Å²) in [4.78, 5) is 37.2. The lowest BCUT2D eigenvalue weighted by atomic mass is 10.3. The molecule has 0 bridgehead atoms. The van der Waals surface area contributed by atoms with E-state index >= 15 is 0 Å². The first-order chi connectivity index (χ1) is 11.3. The Bertz CT molecular complexity index is 654. The van der Waals surface area contributed by atoms with Crippen LogP contribution < -0.4 is 10.6 Å². The van der Waals surface area contributed by atoms with Crippen molar-refractivity contribution in [3.63, 3.8) is 0 Å². The number of thioether (sulfide) groups is 1. The number of hydrogen-bond acceptors (Lipinski definition) is 6. The minimum atomic E-state index is -0.840. The van der Waals surface area contributed by atoms with Crippen LogP contribution in [0.2, 0.25) is 10.0 Å². The fourth-order valence-corrected chi connectivity index (χ4v) is 3.81. The average molecular weight is 428 g/mol. The molecule has 1 saturated heterocycles. The minimum absolute atomic E-state index is 0. The molecule has 25 heavy (non-hydrogen) atoms. The molecule has 1 aromatic carbocycles. The Morgan fingerprint density at radius 3 is 2.52 bits per heavy atom. The Balaban J connectivity index is 0.00000312. The Morgan fingerprint density at radius 2 is 1.96 bits per heavy atom. The van der Waals surface area contributed by atoms with E-state index in [1.165, 1.54) is 18.2 Å². The maximum absolute atomic E-state index is 12.5. The van der Waals surface area contributed by atoms with E-state index in [4.69, 9.17) is 33.7 Å². The molecule has 0 aliphatic carbocycles. The van der Waals surface area contributed by atoms with Crippen molar-refractivity contribution < 1.29 is 19.1 Å². The highest BCUT2D eigenvalue weighted by molar-refractivity contribution is 8.00. The van der Waals surface area contributed by atoms with Crippen LogP contribution in [0.3, 0.4) is 0 Å². The van der Waals surface area contributed by atoms with E-state index in [2.05, 4.69) is 0 Å². The summed E-state index contributed by atoms with van der Waals surface area (Å²) in [5.41, 5.74) is 6.04. The van der Waals surface area contributed by atoms with Gasteiger partial charge in [-0.1, -0.05) is 23.2 Å². The Morgan fingerprint density at radius 1 is 1.36 bits per heavy atom. The molecule has 2 atom stereocenters. The molecule has 1 heterocycles. The van der Waals surface area contributed by atoms with Crippen molar-refractivity contribution >= 4 is 70.8 Å². The predicted octanol–water partition coefficient (Wildman–Crippen LogP) is 2.67. The Kier molecular flexibility index (Phi) is 8.50. The van der Waals surface area contributed by atoms with E-state index < -0.39 is 17.3 Å². The van der Waals surface area contributed by atoms with Crippen molar-refractivity contribution in [1.82, 2.24) is 0 Å². The average Bonchev–Trinajstić information content (AvgIpc) is 2.78. The first-order valence-corrected chi connectivity index (χ1v) is 9.00. The van der Waals surface area contributed by atoms with E-state index in [1.807, 2.05) is 0 Å². The minimum Gasteiger partial charge on any atom is -0.465 e. The summed E-state index contributed by atoms with van der Waals surface area (Å²) >= 11 is 13.0. The number of rotatable bonds is 6. The zero-order chi connectivity index (χ0) is 17.9. The first-order valence-electron chi connectivity index (χ1n) is 7.20. The fraction of sp³-hybridized carbons (Fsp3) is 0.400. The lowest BCUT2D eigenvalue weighted by molar-refractivity contribution is -0.144. The maximum atomic E-state index is 12.5. The number of esters is 1. The van der Waals surface area contributed by atoms with Gasteiger partial charge in [-0.05, 0) is 25.1 Å². The standard InChI is InChI=1S/C15H16Cl2N2O4S.ClH/c1-2-23-15(22)11(18)7-24-12-6-13(20)19(14(12)21)10-4-8(16)3-9(17)5-10;/h3-5,11-12H,2,6-7,18H2,1H3;1H. The Hall–Kier alpha value is -0.990. The molecule has 2 unspecified atom stereocenters. The fourth-order valence-electron chi connectivity index (χ4n) is 2.21. The number of halogens is 3. The number of ether oxygens (including phenoxy) is 1. The molecule has 1 aliphatic heterocycles. The molecule has 0 aromatic heterocycles. The second kappa shape index (κ2) is 9.64. The number of hydrogen-bond donors (Lipinski definition) is 1. The lowest BCUT2D eigenvalue weighted by Crippen LogP contribution is -2.36. The van der Waals surface area contributed by atoms with Crippen LogP contribution in [-0.2, 0) is 19.1 Å². The normalized spacial score (nSPS) is 18.1. The summed E-state index contributed by atoms with van der Waals surface area (Å²) < 4.78 is 4.81. The third kappa shape index (κ3) is 5.49. The van der Waals surface area contributed by atoms with Crippen LogP contribution >= 0.6 is 47.4 Å². The summed E-state index contributed by atoms with van der Waals surface area (Å²) in [5, 5.41) is 0.0628. The number of benzene rings is 1. The maximum Gasteiger partial charge on any atom is 0.323 e. The first kappa shape index (κ1) is 22.1. The predicted molar refractivity (Wildman–Crippen MR) is 102 cm³/mol. The third-order valence-corrected chi connectivity index (χ3v) is 5.04. The molecule has 2 amide bonds. The van der Waals surface area contributed by atoms with E-state index in [1.54, 1.807) is 6.92 Å². The highest BCUT2D eigenvalue weighted by Crippen LogP contribution is 2.33. The van der Waals surface area contributed by atoms with E-state index in [-0.39, 0.29) is 43.0 Å². The van der Waals surface area contributed by atoms with Gasteiger partial charge >= 0.3 is 5.97 Å². The van der Waals surface area contributed by atoms with Gasteiger partial charge in [-0.25, -0.2) is 4.90 Å². The van der Waals surface area contributed by atoms with Crippen molar-refractivity contribution in [2.45, 2.75) is 24.6 Å². The molecule has 2 rings (SSSR count). The van der Waals surface area contributed by atoms with E-state index in [0.717, 1.165) is 16.7 Å². The molecular weight excluding hydrogens is 411 g/mol. The third-order valence-electron chi connectivity index (χ3n) is 3.28. The van der Waals surface area contributed by atoms with E-state index in [9.17, 15) is 14.4 Å². The monoisotopic (exact) mass is 426 g/mol. The second-order valence-electron chi connectivity index (χ2n) is 5.08. The van der Waals surface area contributed by atoms with Gasteiger partial charge in [0.05, 0.1) is 17.5 Å². The van der Waals surface area contributed by atoms with Gasteiger partial charge < -0.3 is 10.5 Å². The molecule has 1 aliphatic rings. The zero-order valence-corrected chi connectivity index (χ0v) is 16.4. The highest BCUT2D eigenvalue weighted by Gasteiger charge is 2.40. The van der Waals surface area contributed by atoms with Crippen LogP contribution in [0.5, 0.6) is 0 Å². The SMILES string of the molecule is CCOC(=O)C(N)CSC1CC(=O)N(c2cc(Cl)cc(Cl)c2)C1=O.Cl. The molecule has 2 N–H and O–H groups in total. The van der Waals surface area contributed by atoms with Crippen LogP contribution in [0.25, 0.3) is 0 Å². The number of nitrogens with two attached hydrogens (primary N) is 1. The molecule has 138 valence electrons. The van der Waals surface area contributed by atoms with Crippen LogP contribution in [0.15, 0.2) is 18.2 Å². The molecular formula is C15H17Cl3N2O4S. The van der Waals surface area contributed by atoms with Crippen LogP contribution in [0.4, 0.5) is 5.69 Å². The van der Waals surface area contributed by atoms with Gasteiger partial charge in [-0.15, -0.1) is 24.2 Å². The van der Waals surface area contributed by atoms with Crippen molar-refractivity contribution in [3.8, 4) is 0 Å². The van der Waals surface area contributed by atoms with Crippen molar-refractivity contribution in [2.75, 3.05) is 17.3 Å². The number of nitrogens with zero attached hydrogens (tertiary/aromatic N) is 1. The molecule has 1 aromatic rings. The van der Waals surface area contributed by atoms with Gasteiger partial charge in [-0.2, -0.15) is 0 Å². The Labute approximate surface area is 165 Å². The quantitative estimate of drug-likeness (QED) is 0.554. The largest absolute Gasteiger partial charge is 0.465 e. The number of anilines is 1. The van der Waals surface area contributed by atoms with Gasteiger partial charge in [0.2, 0.25) is 11.8 Å². The van der Waals surface area contributed by atoms with Gasteiger partial charge in [0.25, 0.3) is 0 Å². The van der Waals surface area contributed by atoms with Crippen molar-refractivity contribution in [2.24, 2.45) is 5.73 Å². The zero-order valence-electron chi connectivity index (χ0n) is 13.2. The number of imide groups is 1. The van der Waals surface area contributed by atoms with Crippen molar-refractivity contribution in [3.05, 3.63) is 28.2 Å². The van der Waals surface area contributed by atoms with Crippen molar-refractivity contribution in [1.29, 1.82) is 0 Å². The lowest BCUT2D eigenvalue weighted by Gasteiger charge is -2.16. The molecule has 0 spiro atoms. The molecule has 1 fully saturated rings. The molecule has 0 saturated carbocycles. The van der Waals surface area contributed by atoms with Gasteiger partial charge in [0, 0.05) is 22.2 Å². The topological polar surface area (TPSA) is 89.7 Å². The molecule has 6 nitrogen and oxygen atoms in total. The number of carbonyl (C=O) groups is 3. The second-order valence-corrected chi connectivity index (χ2v) is 7.19. The highest BCUT2D eigenvalue weighted by atomic mass is 35.5. The summed E-state index contributed by atoms with van der Waals surface area (Å²) in [7, 11) is 0. The van der Waals surface area contributed by atoms with E-state index in [0.29, 0.717) is 15.7 Å². The van der Waals surface area contributed by atoms with Crippen LogP contribution in [0.1, 0.15) is 13.3 Å². The van der Waals surface area contributed by atoms with Crippen LogP contribution in [-0.4, -0.2) is 41.4 Å². The van der Waals surface area contributed by atoms with Gasteiger partial charge in [0.15, 0.2) is 0 Å². The summed E-state index contributed by atoms with van der Waals surface area (Å²) in [6, 6.07) is 3.68. The molecule has 10 heteroatoms. The number of carbonyl (C=O) groups excluding carboxylic acids is 3. The van der Waals surface area contributed by atoms with Gasteiger partial charge in [0.1, 0.15) is 6.04 Å². The van der Waals surface area contributed by atoms with Gasteiger partial charge in [-0.3, -0.25) is 14.4 Å². The number of amides is 2.